The van der Waals surface area contributed by atoms with E-state index in [1.807, 2.05) is 38.1 Å². The third-order valence-electron chi connectivity index (χ3n) is 2.96. The predicted octanol–water partition coefficient (Wildman–Crippen LogP) is 3.37. The largest absolute Gasteiger partial charge is 0.478 e. The minimum absolute atomic E-state index is 0.267. The fourth-order valence-electron chi connectivity index (χ4n) is 1.93. The molecule has 0 fully saturated rings. The summed E-state index contributed by atoms with van der Waals surface area (Å²) in [6.45, 7) is 5.64. The summed E-state index contributed by atoms with van der Waals surface area (Å²) in [4.78, 5) is 15.4. The molecule has 0 radical (unpaired) electrons. The number of rotatable bonds is 2. The zero-order chi connectivity index (χ0) is 13.3. The van der Waals surface area contributed by atoms with Crippen molar-refractivity contribution in [1.82, 2.24) is 4.98 Å². The van der Waals surface area contributed by atoms with Crippen molar-refractivity contribution in [2.45, 2.75) is 20.8 Å². The van der Waals surface area contributed by atoms with Crippen LogP contribution >= 0.6 is 0 Å². The molecule has 0 unspecified atom stereocenters. The van der Waals surface area contributed by atoms with Crippen LogP contribution < -0.4 is 0 Å². The normalized spacial score (nSPS) is 10.4. The first kappa shape index (κ1) is 12.3. The Bertz CT molecular complexity index is 601. The van der Waals surface area contributed by atoms with E-state index in [2.05, 4.69) is 4.98 Å². The highest BCUT2D eigenvalue weighted by molar-refractivity contribution is 5.89. The number of nitrogens with zero attached hydrogens (tertiary/aromatic N) is 1. The Labute approximate surface area is 106 Å². The second-order valence-corrected chi connectivity index (χ2v) is 4.46. The molecule has 0 saturated carbocycles. The molecule has 0 atom stereocenters. The van der Waals surface area contributed by atoms with E-state index < -0.39 is 5.97 Å². The van der Waals surface area contributed by atoms with E-state index in [0.29, 0.717) is 5.69 Å². The maximum absolute atomic E-state index is 11.0. The molecule has 1 aromatic heterocycles. The number of aryl methyl sites for hydroxylation is 3. The second-order valence-electron chi connectivity index (χ2n) is 4.46. The van der Waals surface area contributed by atoms with Crippen LogP contribution in [0.4, 0.5) is 0 Å². The summed E-state index contributed by atoms with van der Waals surface area (Å²) in [7, 11) is 0. The maximum Gasteiger partial charge on any atom is 0.337 e. The van der Waals surface area contributed by atoms with Crippen LogP contribution in [0.2, 0.25) is 0 Å². The van der Waals surface area contributed by atoms with E-state index in [1.54, 1.807) is 13.0 Å². The molecule has 18 heavy (non-hydrogen) atoms. The van der Waals surface area contributed by atoms with Crippen LogP contribution in [-0.4, -0.2) is 16.1 Å². The monoisotopic (exact) mass is 241 g/mol. The number of hydrogen-bond acceptors (Lipinski definition) is 2. The SMILES string of the molecule is Cc1ccc(-c2nc(C)c(C(=O)O)cc2C)cc1. The number of carboxylic acids is 1. The van der Waals surface area contributed by atoms with E-state index in [9.17, 15) is 4.79 Å². The molecule has 2 rings (SSSR count). The van der Waals surface area contributed by atoms with Gasteiger partial charge in [0.1, 0.15) is 0 Å². The van der Waals surface area contributed by atoms with Crippen LogP contribution in [0.15, 0.2) is 30.3 Å². The lowest BCUT2D eigenvalue weighted by molar-refractivity contribution is 0.0695. The molecule has 0 aliphatic rings. The van der Waals surface area contributed by atoms with Gasteiger partial charge in [0.15, 0.2) is 0 Å². The van der Waals surface area contributed by atoms with Gasteiger partial charge in [-0.15, -0.1) is 0 Å². The third kappa shape index (κ3) is 2.25. The van der Waals surface area contributed by atoms with Crippen molar-refractivity contribution in [3.05, 3.63) is 52.7 Å². The molecule has 2 aromatic rings. The lowest BCUT2D eigenvalue weighted by Crippen LogP contribution is -2.04. The Morgan fingerprint density at radius 1 is 1.11 bits per heavy atom. The minimum Gasteiger partial charge on any atom is -0.478 e. The van der Waals surface area contributed by atoms with Gasteiger partial charge in [0, 0.05) is 5.56 Å². The first-order valence-electron chi connectivity index (χ1n) is 5.77. The summed E-state index contributed by atoms with van der Waals surface area (Å²) in [5.74, 6) is -0.932. The summed E-state index contributed by atoms with van der Waals surface area (Å²) < 4.78 is 0. The van der Waals surface area contributed by atoms with Crippen molar-refractivity contribution in [2.24, 2.45) is 0 Å². The number of benzene rings is 1. The minimum atomic E-state index is -0.932. The number of pyridine rings is 1. The molecule has 1 aromatic carbocycles. The molecule has 3 nitrogen and oxygen atoms in total. The van der Waals surface area contributed by atoms with E-state index in [0.717, 1.165) is 16.8 Å². The van der Waals surface area contributed by atoms with Gasteiger partial charge in [0.25, 0.3) is 0 Å². The molecular formula is C15H15NO2. The summed E-state index contributed by atoms with van der Waals surface area (Å²) in [5, 5.41) is 9.05. The average Bonchev–Trinajstić information content (AvgIpc) is 2.32. The van der Waals surface area contributed by atoms with Crippen LogP contribution in [-0.2, 0) is 0 Å². The molecule has 0 spiro atoms. The predicted molar refractivity (Wildman–Crippen MR) is 70.8 cm³/mol. The van der Waals surface area contributed by atoms with Crippen molar-refractivity contribution in [1.29, 1.82) is 0 Å². The van der Waals surface area contributed by atoms with Crippen LogP contribution in [0.3, 0.4) is 0 Å². The Balaban J connectivity index is 2.56. The fraction of sp³-hybridized carbons (Fsp3) is 0.200. The van der Waals surface area contributed by atoms with Gasteiger partial charge in [-0.3, -0.25) is 4.98 Å². The van der Waals surface area contributed by atoms with Crippen molar-refractivity contribution >= 4 is 5.97 Å². The Kier molecular flexibility index (Phi) is 3.15. The third-order valence-corrected chi connectivity index (χ3v) is 2.96. The van der Waals surface area contributed by atoms with Gasteiger partial charge in [0.2, 0.25) is 0 Å². The van der Waals surface area contributed by atoms with Gasteiger partial charge in [-0.25, -0.2) is 4.79 Å². The lowest BCUT2D eigenvalue weighted by Gasteiger charge is -2.09. The van der Waals surface area contributed by atoms with E-state index in [4.69, 9.17) is 5.11 Å². The molecule has 1 heterocycles. The lowest BCUT2D eigenvalue weighted by atomic mass is 10.0. The average molecular weight is 241 g/mol. The highest BCUT2D eigenvalue weighted by Crippen LogP contribution is 2.23. The summed E-state index contributed by atoms with van der Waals surface area (Å²) in [6, 6.07) is 9.74. The molecule has 0 bridgehead atoms. The molecule has 0 aliphatic carbocycles. The molecule has 0 aliphatic heterocycles. The zero-order valence-corrected chi connectivity index (χ0v) is 10.7. The molecule has 92 valence electrons. The first-order chi connectivity index (χ1) is 8.49. The second kappa shape index (κ2) is 4.61. The number of aromatic carboxylic acids is 1. The van der Waals surface area contributed by atoms with Gasteiger partial charge < -0.3 is 5.11 Å². The summed E-state index contributed by atoms with van der Waals surface area (Å²) >= 11 is 0. The maximum atomic E-state index is 11.0. The fourth-order valence-corrected chi connectivity index (χ4v) is 1.93. The van der Waals surface area contributed by atoms with Gasteiger partial charge in [-0.05, 0) is 32.4 Å². The van der Waals surface area contributed by atoms with Crippen molar-refractivity contribution < 1.29 is 9.90 Å². The molecule has 0 amide bonds. The quantitative estimate of drug-likeness (QED) is 0.876. The van der Waals surface area contributed by atoms with Crippen LogP contribution in [0.5, 0.6) is 0 Å². The van der Waals surface area contributed by atoms with Gasteiger partial charge >= 0.3 is 5.97 Å². The van der Waals surface area contributed by atoms with Gasteiger partial charge in [-0.2, -0.15) is 0 Å². The summed E-state index contributed by atoms with van der Waals surface area (Å²) in [5.41, 5.74) is 4.74. The standard InChI is InChI=1S/C15H15NO2/c1-9-4-6-12(7-5-9)14-10(2)8-13(15(17)18)11(3)16-14/h4-8H,1-3H3,(H,17,18). The van der Waals surface area contributed by atoms with Crippen molar-refractivity contribution in [2.75, 3.05) is 0 Å². The molecule has 0 saturated heterocycles. The Morgan fingerprint density at radius 2 is 1.72 bits per heavy atom. The molecule has 3 heteroatoms. The topological polar surface area (TPSA) is 50.2 Å². The number of carbonyl (C=O) groups is 1. The number of aromatic nitrogens is 1. The van der Waals surface area contributed by atoms with Crippen LogP contribution in [0, 0.1) is 20.8 Å². The van der Waals surface area contributed by atoms with E-state index in [1.165, 1.54) is 5.56 Å². The number of hydrogen-bond donors (Lipinski definition) is 1. The van der Waals surface area contributed by atoms with Crippen LogP contribution in [0.1, 0.15) is 27.2 Å². The molecular weight excluding hydrogens is 226 g/mol. The van der Waals surface area contributed by atoms with Crippen LogP contribution in [0.25, 0.3) is 11.3 Å². The summed E-state index contributed by atoms with van der Waals surface area (Å²) in [6.07, 6.45) is 0. The van der Waals surface area contributed by atoms with Crippen molar-refractivity contribution in [3.8, 4) is 11.3 Å². The highest BCUT2D eigenvalue weighted by Gasteiger charge is 2.12. The first-order valence-corrected chi connectivity index (χ1v) is 5.77. The van der Waals surface area contributed by atoms with Gasteiger partial charge in [-0.1, -0.05) is 29.8 Å². The molecule has 1 N–H and O–H groups in total. The Morgan fingerprint density at radius 3 is 2.28 bits per heavy atom. The highest BCUT2D eigenvalue weighted by atomic mass is 16.4. The van der Waals surface area contributed by atoms with Gasteiger partial charge in [0.05, 0.1) is 17.0 Å². The Hall–Kier alpha value is -2.16. The van der Waals surface area contributed by atoms with E-state index in [-0.39, 0.29) is 5.56 Å². The van der Waals surface area contributed by atoms with Crippen molar-refractivity contribution in [3.63, 3.8) is 0 Å². The number of carboxylic acid groups (broad SMARTS) is 1. The van der Waals surface area contributed by atoms with E-state index >= 15 is 0 Å². The zero-order valence-electron chi connectivity index (χ0n) is 10.7. The smallest absolute Gasteiger partial charge is 0.337 e.